The fourth-order valence-electron chi connectivity index (χ4n) is 2.86. The smallest absolute Gasteiger partial charge is 0.118 e. The summed E-state index contributed by atoms with van der Waals surface area (Å²) in [4.78, 5) is 2.55. The summed E-state index contributed by atoms with van der Waals surface area (Å²) in [6.07, 6.45) is 3.84. The van der Waals surface area contributed by atoms with E-state index in [1.54, 1.807) is 7.11 Å². The molecule has 0 aromatic heterocycles. The average molecular weight is 248 g/mol. The molecule has 0 spiro atoms. The van der Waals surface area contributed by atoms with E-state index in [0.717, 1.165) is 18.8 Å². The zero-order chi connectivity index (χ0) is 13.0. The van der Waals surface area contributed by atoms with Crippen LogP contribution in [0.2, 0.25) is 0 Å². The number of benzene rings is 1. The molecule has 1 aliphatic heterocycles. The molecule has 18 heavy (non-hydrogen) atoms. The van der Waals surface area contributed by atoms with Gasteiger partial charge in [-0.3, -0.25) is 4.90 Å². The Kier molecular flexibility index (Phi) is 4.61. The van der Waals surface area contributed by atoms with Crippen LogP contribution in [0, 0.1) is 0 Å². The van der Waals surface area contributed by atoms with Crippen molar-refractivity contribution >= 4 is 0 Å². The first-order valence-corrected chi connectivity index (χ1v) is 6.86. The Bertz CT molecular complexity index is 363. The minimum atomic E-state index is 0.435. The lowest BCUT2D eigenvalue weighted by atomic mass is 9.97. The topological polar surface area (TPSA) is 38.5 Å². The maximum absolute atomic E-state index is 5.89. The molecule has 0 saturated carbocycles. The Balaban J connectivity index is 2.10. The SMILES string of the molecule is COc1ccc(C(C)N2CCCCC2CN)cc1. The normalized spacial score (nSPS) is 22.7. The van der Waals surface area contributed by atoms with Crippen molar-refractivity contribution in [3.63, 3.8) is 0 Å². The Hall–Kier alpha value is -1.06. The molecule has 2 N–H and O–H groups in total. The third kappa shape index (κ3) is 2.85. The molecule has 1 saturated heterocycles. The highest BCUT2D eigenvalue weighted by atomic mass is 16.5. The summed E-state index contributed by atoms with van der Waals surface area (Å²) in [5.74, 6) is 0.917. The highest BCUT2D eigenvalue weighted by molar-refractivity contribution is 5.29. The molecule has 1 heterocycles. The first kappa shape index (κ1) is 13.4. The molecule has 100 valence electrons. The van der Waals surface area contributed by atoms with Crippen LogP contribution in [0.15, 0.2) is 24.3 Å². The third-order valence-corrected chi connectivity index (χ3v) is 4.04. The molecule has 2 atom stereocenters. The van der Waals surface area contributed by atoms with E-state index in [4.69, 9.17) is 10.5 Å². The monoisotopic (exact) mass is 248 g/mol. The van der Waals surface area contributed by atoms with Crippen molar-refractivity contribution in [1.29, 1.82) is 0 Å². The largest absolute Gasteiger partial charge is 0.497 e. The van der Waals surface area contributed by atoms with E-state index in [9.17, 15) is 0 Å². The molecular weight excluding hydrogens is 224 g/mol. The second kappa shape index (κ2) is 6.21. The van der Waals surface area contributed by atoms with Gasteiger partial charge >= 0.3 is 0 Å². The zero-order valence-corrected chi connectivity index (χ0v) is 11.4. The lowest BCUT2D eigenvalue weighted by molar-refractivity contribution is 0.108. The van der Waals surface area contributed by atoms with E-state index >= 15 is 0 Å². The Morgan fingerprint density at radius 3 is 2.67 bits per heavy atom. The van der Waals surface area contributed by atoms with Crippen LogP contribution in [0.5, 0.6) is 5.75 Å². The maximum atomic E-state index is 5.89. The summed E-state index contributed by atoms with van der Waals surface area (Å²) < 4.78 is 5.20. The summed E-state index contributed by atoms with van der Waals surface area (Å²) in [5.41, 5.74) is 7.24. The van der Waals surface area contributed by atoms with Gasteiger partial charge in [0.05, 0.1) is 7.11 Å². The van der Waals surface area contributed by atoms with Crippen LogP contribution in [-0.2, 0) is 0 Å². The number of rotatable bonds is 4. The van der Waals surface area contributed by atoms with Crippen LogP contribution in [0.3, 0.4) is 0 Å². The molecule has 2 unspecified atom stereocenters. The lowest BCUT2D eigenvalue weighted by Crippen LogP contribution is -2.45. The van der Waals surface area contributed by atoms with Crippen molar-refractivity contribution in [1.82, 2.24) is 4.90 Å². The standard InChI is InChI=1S/C15H24N2O/c1-12(13-6-8-15(18-2)9-7-13)17-10-4-3-5-14(17)11-16/h6-9,12,14H,3-5,10-11,16H2,1-2H3. The molecule has 1 aliphatic rings. The first-order chi connectivity index (χ1) is 8.76. The van der Waals surface area contributed by atoms with Crippen molar-refractivity contribution in [2.24, 2.45) is 5.73 Å². The molecule has 1 aromatic carbocycles. The number of hydrogen-bond acceptors (Lipinski definition) is 3. The summed E-state index contributed by atoms with van der Waals surface area (Å²) in [5, 5.41) is 0. The Morgan fingerprint density at radius 2 is 2.06 bits per heavy atom. The van der Waals surface area contributed by atoms with Gasteiger partial charge in [-0.25, -0.2) is 0 Å². The van der Waals surface area contributed by atoms with E-state index in [-0.39, 0.29) is 0 Å². The number of nitrogens with zero attached hydrogens (tertiary/aromatic N) is 1. The van der Waals surface area contributed by atoms with E-state index in [0.29, 0.717) is 12.1 Å². The summed E-state index contributed by atoms with van der Waals surface area (Å²) in [6.45, 7) is 4.20. The molecule has 3 heteroatoms. The quantitative estimate of drug-likeness (QED) is 0.890. The van der Waals surface area contributed by atoms with E-state index in [1.165, 1.54) is 24.8 Å². The van der Waals surface area contributed by atoms with Crippen LogP contribution in [0.1, 0.15) is 37.8 Å². The van der Waals surface area contributed by atoms with E-state index in [2.05, 4.69) is 24.0 Å². The lowest BCUT2D eigenvalue weighted by Gasteiger charge is -2.39. The van der Waals surface area contributed by atoms with Gasteiger partial charge in [0.15, 0.2) is 0 Å². The second-order valence-corrected chi connectivity index (χ2v) is 5.07. The van der Waals surface area contributed by atoms with Gasteiger partial charge in [-0.2, -0.15) is 0 Å². The molecule has 0 amide bonds. The van der Waals surface area contributed by atoms with Gasteiger partial charge in [0.25, 0.3) is 0 Å². The molecule has 1 aromatic rings. The summed E-state index contributed by atoms with van der Waals surface area (Å²) >= 11 is 0. The molecule has 0 bridgehead atoms. The number of ether oxygens (including phenoxy) is 1. The minimum Gasteiger partial charge on any atom is -0.497 e. The van der Waals surface area contributed by atoms with Gasteiger partial charge in [-0.05, 0) is 44.0 Å². The van der Waals surface area contributed by atoms with Gasteiger partial charge in [-0.15, -0.1) is 0 Å². The van der Waals surface area contributed by atoms with Gasteiger partial charge < -0.3 is 10.5 Å². The highest BCUT2D eigenvalue weighted by Crippen LogP contribution is 2.28. The molecular formula is C15H24N2O. The van der Waals surface area contributed by atoms with Crippen LogP contribution in [-0.4, -0.2) is 31.1 Å². The Labute approximate surface area is 110 Å². The van der Waals surface area contributed by atoms with E-state index < -0.39 is 0 Å². The third-order valence-electron chi connectivity index (χ3n) is 4.04. The number of nitrogens with two attached hydrogens (primary N) is 1. The van der Waals surface area contributed by atoms with Crippen molar-refractivity contribution in [3.8, 4) is 5.75 Å². The summed E-state index contributed by atoms with van der Waals surface area (Å²) in [6, 6.07) is 9.36. The van der Waals surface area contributed by atoms with E-state index in [1.807, 2.05) is 12.1 Å². The minimum absolute atomic E-state index is 0.435. The van der Waals surface area contributed by atoms with Gasteiger partial charge in [0.2, 0.25) is 0 Å². The highest BCUT2D eigenvalue weighted by Gasteiger charge is 2.26. The van der Waals surface area contributed by atoms with Crippen molar-refractivity contribution in [3.05, 3.63) is 29.8 Å². The van der Waals surface area contributed by atoms with Crippen LogP contribution in [0.4, 0.5) is 0 Å². The molecule has 3 nitrogen and oxygen atoms in total. The van der Waals surface area contributed by atoms with Crippen LogP contribution in [0.25, 0.3) is 0 Å². The fourth-order valence-corrected chi connectivity index (χ4v) is 2.86. The van der Waals surface area contributed by atoms with Gasteiger partial charge in [0.1, 0.15) is 5.75 Å². The Morgan fingerprint density at radius 1 is 1.33 bits per heavy atom. The predicted molar refractivity (Wildman–Crippen MR) is 74.8 cm³/mol. The fraction of sp³-hybridized carbons (Fsp3) is 0.600. The van der Waals surface area contributed by atoms with Crippen LogP contribution < -0.4 is 10.5 Å². The zero-order valence-electron chi connectivity index (χ0n) is 11.4. The number of piperidine rings is 1. The number of likely N-dealkylation sites (tertiary alicyclic amines) is 1. The van der Waals surface area contributed by atoms with Crippen LogP contribution >= 0.6 is 0 Å². The molecule has 0 aliphatic carbocycles. The molecule has 0 radical (unpaired) electrons. The predicted octanol–water partition coefficient (Wildman–Crippen LogP) is 2.57. The average Bonchev–Trinajstić information content (AvgIpc) is 2.46. The first-order valence-electron chi connectivity index (χ1n) is 6.86. The number of hydrogen-bond donors (Lipinski definition) is 1. The van der Waals surface area contributed by atoms with Crippen molar-refractivity contribution < 1.29 is 4.74 Å². The van der Waals surface area contributed by atoms with Gasteiger partial charge in [0, 0.05) is 18.6 Å². The molecule has 2 rings (SSSR count). The second-order valence-electron chi connectivity index (χ2n) is 5.07. The molecule has 1 fully saturated rings. The van der Waals surface area contributed by atoms with Gasteiger partial charge in [-0.1, -0.05) is 18.6 Å². The number of methoxy groups -OCH3 is 1. The van der Waals surface area contributed by atoms with Crippen molar-refractivity contribution in [2.75, 3.05) is 20.2 Å². The summed E-state index contributed by atoms with van der Waals surface area (Å²) in [7, 11) is 1.70. The maximum Gasteiger partial charge on any atom is 0.118 e. The van der Waals surface area contributed by atoms with Crippen molar-refractivity contribution in [2.45, 2.75) is 38.3 Å².